The van der Waals surface area contributed by atoms with Crippen molar-refractivity contribution in [3.8, 4) is 0 Å². The second-order valence-corrected chi connectivity index (χ2v) is 5.05. The summed E-state index contributed by atoms with van der Waals surface area (Å²) in [6.45, 7) is 6.41. The quantitative estimate of drug-likeness (QED) is 0.845. The van der Waals surface area contributed by atoms with Gasteiger partial charge >= 0.3 is 5.97 Å². The predicted octanol–water partition coefficient (Wildman–Crippen LogP) is 1.70. The first kappa shape index (κ1) is 15.7. The Bertz CT molecular complexity index is 688. The van der Waals surface area contributed by atoms with Gasteiger partial charge in [-0.1, -0.05) is 6.92 Å². The molecule has 0 fully saturated rings. The van der Waals surface area contributed by atoms with Crippen LogP contribution in [-0.4, -0.2) is 36.5 Å². The fourth-order valence-corrected chi connectivity index (χ4v) is 2.03. The van der Waals surface area contributed by atoms with Gasteiger partial charge in [-0.2, -0.15) is 10.2 Å². The highest BCUT2D eigenvalue weighted by molar-refractivity contribution is 5.92. The Morgan fingerprint density at radius 3 is 2.73 bits per heavy atom. The molecule has 2 rings (SSSR count). The number of rotatable bonds is 6. The lowest BCUT2D eigenvalue weighted by Gasteiger charge is -2.11. The van der Waals surface area contributed by atoms with E-state index >= 15 is 0 Å². The molecule has 2 aromatic heterocycles. The Morgan fingerprint density at radius 1 is 1.41 bits per heavy atom. The molecule has 0 bridgehead atoms. The van der Waals surface area contributed by atoms with E-state index in [2.05, 4.69) is 22.4 Å². The molecule has 0 radical (unpaired) electrons. The topological polar surface area (TPSA) is 102 Å². The van der Waals surface area contributed by atoms with Crippen molar-refractivity contribution >= 4 is 17.7 Å². The third-order valence-corrected chi connectivity index (χ3v) is 3.27. The summed E-state index contributed by atoms with van der Waals surface area (Å²) in [5, 5.41) is 19.7. The Morgan fingerprint density at radius 2 is 2.14 bits per heavy atom. The molecule has 0 aromatic carbocycles. The van der Waals surface area contributed by atoms with Gasteiger partial charge in [0.25, 0.3) is 0 Å². The molecular formula is C14H19N5O3. The Kier molecular flexibility index (Phi) is 4.59. The zero-order chi connectivity index (χ0) is 16.3. The van der Waals surface area contributed by atoms with Gasteiger partial charge in [0, 0.05) is 24.5 Å². The zero-order valence-electron chi connectivity index (χ0n) is 12.8. The number of hydrogen-bond donors (Lipinski definition) is 2. The molecule has 0 aliphatic rings. The van der Waals surface area contributed by atoms with Crippen LogP contribution in [-0.2, 0) is 11.3 Å². The number of anilines is 1. The highest BCUT2D eigenvalue weighted by Gasteiger charge is 2.19. The Labute approximate surface area is 127 Å². The van der Waals surface area contributed by atoms with Crippen LogP contribution < -0.4 is 5.32 Å². The number of aromatic carboxylic acids is 1. The van der Waals surface area contributed by atoms with Crippen LogP contribution in [0.4, 0.5) is 5.82 Å². The number of aromatic nitrogens is 4. The minimum Gasteiger partial charge on any atom is -0.476 e. The van der Waals surface area contributed by atoms with Crippen LogP contribution in [0.3, 0.4) is 0 Å². The molecule has 2 heterocycles. The highest BCUT2D eigenvalue weighted by Crippen LogP contribution is 2.13. The lowest BCUT2D eigenvalue weighted by Crippen LogP contribution is -2.24. The fourth-order valence-electron chi connectivity index (χ4n) is 2.03. The maximum Gasteiger partial charge on any atom is 0.356 e. The molecule has 0 aliphatic heterocycles. The molecule has 118 valence electrons. The number of aryl methyl sites for hydroxylation is 2. The standard InChI is InChI=1S/C14H19N5O3/c1-4-6-18-9(2)8-12(17-18)15-13(20)10(3)19-7-5-11(16-19)14(21)22/h5,7-8,10H,4,6H2,1-3H3,(H,21,22)(H,15,17,20). The van der Waals surface area contributed by atoms with Gasteiger partial charge in [-0.15, -0.1) is 0 Å². The third-order valence-electron chi connectivity index (χ3n) is 3.27. The molecule has 0 saturated heterocycles. The summed E-state index contributed by atoms with van der Waals surface area (Å²) in [4.78, 5) is 23.0. The van der Waals surface area contributed by atoms with Crippen molar-refractivity contribution in [1.82, 2.24) is 19.6 Å². The van der Waals surface area contributed by atoms with E-state index in [0.717, 1.165) is 18.7 Å². The molecule has 0 saturated carbocycles. The third kappa shape index (κ3) is 3.33. The van der Waals surface area contributed by atoms with Gasteiger partial charge in [0.2, 0.25) is 5.91 Å². The van der Waals surface area contributed by atoms with Gasteiger partial charge in [0.05, 0.1) is 0 Å². The van der Waals surface area contributed by atoms with Crippen molar-refractivity contribution < 1.29 is 14.7 Å². The minimum absolute atomic E-state index is 0.0947. The number of carbonyl (C=O) groups excluding carboxylic acids is 1. The van der Waals surface area contributed by atoms with E-state index < -0.39 is 12.0 Å². The van der Waals surface area contributed by atoms with Crippen LogP contribution in [0.2, 0.25) is 0 Å². The van der Waals surface area contributed by atoms with Gasteiger partial charge < -0.3 is 10.4 Å². The monoisotopic (exact) mass is 305 g/mol. The molecule has 8 nitrogen and oxygen atoms in total. The van der Waals surface area contributed by atoms with E-state index in [1.165, 1.54) is 16.9 Å². The van der Waals surface area contributed by atoms with Crippen molar-refractivity contribution in [3.63, 3.8) is 0 Å². The van der Waals surface area contributed by atoms with E-state index in [9.17, 15) is 9.59 Å². The Balaban J connectivity index is 2.07. The summed E-state index contributed by atoms with van der Waals surface area (Å²) in [7, 11) is 0. The zero-order valence-corrected chi connectivity index (χ0v) is 12.8. The summed E-state index contributed by atoms with van der Waals surface area (Å²) < 4.78 is 3.14. The van der Waals surface area contributed by atoms with Crippen molar-refractivity contribution in [2.75, 3.05) is 5.32 Å². The molecule has 0 aliphatic carbocycles. The highest BCUT2D eigenvalue weighted by atomic mass is 16.4. The SMILES string of the molecule is CCCn1nc(NC(=O)C(C)n2ccc(C(=O)O)n2)cc1C. The van der Waals surface area contributed by atoms with Gasteiger partial charge in [-0.05, 0) is 26.3 Å². The first-order valence-electron chi connectivity index (χ1n) is 7.06. The average Bonchev–Trinajstić information content (AvgIpc) is 3.06. The molecule has 8 heteroatoms. The lowest BCUT2D eigenvalue weighted by molar-refractivity contribution is -0.119. The molecular weight excluding hydrogens is 286 g/mol. The number of carbonyl (C=O) groups is 2. The molecule has 2 aromatic rings. The Hall–Kier alpha value is -2.64. The van der Waals surface area contributed by atoms with Crippen LogP contribution in [0.15, 0.2) is 18.3 Å². The predicted molar refractivity (Wildman–Crippen MR) is 79.8 cm³/mol. The van der Waals surface area contributed by atoms with E-state index in [1.807, 2.05) is 11.6 Å². The van der Waals surface area contributed by atoms with Crippen molar-refractivity contribution in [1.29, 1.82) is 0 Å². The summed E-state index contributed by atoms with van der Waals surface area (Å²) in [5.41, 5.74) is 0.875. The number of carboxylic acids is 1. The van der Waals surface area contributed by atoms with Crippen molar-refractivity contribution in [3.05, 3.63) is 29.7 Å². The molecule has 2 N–H and O–H groups in total. The van der Waals surface area contributed by atoms with Gasteiger partial charge in [-0.25, -0.2) is 4.79 Å². The van der Waals surface area contributed by atoms with E-state index in [1.54, 1.807) is 13.0 Å². The number of amides is 1. The van der Waals surface area contributed by atoms with Crippen LogP contribution in [0, 0.1) is 6.92 Å². The normalized spacial score (nSPS) is 12.1. The van der Waals surface area contributed by atoms with E-state index in [-0.39, 0.29) is 11.6 Å². The van der Waals surface area contributed by atoms with Crippen LogP contribution in [0.1, 0.15) is 42.5 Å². The molecule has 0 spiro atoms. The van der Waals surface area contributed by atoms with Gasteiger partial charge in [-0.3, -0.25) is 14.2 Å². The number of nitrogens with one attached hydrogen (secondary N) is 1. The van der Waals surface area contributed by atoms with Crippen LogP contribution in [0.25, 0.3) is 0 Å². The molecule has 1 atom stereocenters. The summed E-state index contributed by atoms with van der Waals surface area (Å²) >= 11 is 0. The van der Waals surface area contributed by atoms with Gasteiger partial charge in [0.1, 0.15) is 6.04 Å². The second kappa shape index (κ2) is 6.42. The molecule has 22 heavy (non-hydrogen) atoms. The minimum atomic E-state index is -1.12. The van der Waals surface area contributed by atoms with Crippen molar-refractivity contribution in [2.45, 2.75) is 39.8 Å². The average molecular weight is 305 g/mol. The molecule has 1 amide bonds. The number of hydrogen-bond acceptors (Lipinski definition) is 4. The van der Waals surface area contributed by atoms with Crippen LogP contribution in [0.5, 0.6) is 0 Å². The maximum absolute atomic E-state index is 12.2. The maximum atomic E-state index is 12.2. The number of nitrogens with zero attached hydrogens (tertiary/aromatic N) is 4. The second-order valence-electron chi connectivity index (χ2n) is 5.05. The van der Waals surface area contributed by atoms with Crippen LogP contribution >= 0.6 is 0 Å². The largest absolute Gasteiger partial charge is 0.476 e. The first-order valence-corrected chi connectivity index (χ1v) is 7.06. The summed E-state index contributed by atoms with van der Waals surface area (Å²) in [6.07, 6.45) is 2.42. The smallest absolute Gasteiger partial charge is 0.356 e. The summed E-state index contributed by atoms with van der Waals surface area (Å²) in [5.74, 6) is -0.949. The van der Waals surface area contributed by atoms with E-state index in [0.29, 0.717) is 5.82 Å². The number of carboxylic acid groups (broad SMARTS) is 1. The fraction of sp³-hybridized carbons (Fsp3) is 0.429. The van der Waals surface area contributed by atoms with Crippen molar-refractivity contribution in [2.24, 2.45) is 0 Å². The molecule has 1 unspecified atom stereocenters. The summed E-state index contributed by atoms with van der Waals surface area (Å²) in [6, 6.07) is 2.52. The van der Waals surface area contributed by atoms with Gasteiger partial charge in [0.15, 0.2) is 11.5 Å². The first-order chi connectivity index (χ1) is 10.4. The lowest BCUT2D eigenvalue weighted by atomic mass is 10.3. The van der Waals surface area contributed by atoms with E-state index in [4.69, 9.17) is 5.11 Å².